The lowest BCUT2D eigenvalue weighted by atomic mass is 10.0. The summed E-state index contributed by atoms with van der Waals surface area (Å²) in [5.41, 5.74) is 5.23. The number of aromatic nitrogens is 2. The molecule has 10 heteroatoms. The standard InChI is InChI=1S/C20H23N5O5/c1-29-19(27)21-8-18-17-7-12-6-14(2-3-16(12)25(17)20(28)30-18)23-9-13-10-24(4-5-26)22-15(13)11-23/h2-3,6,10,17-18,26H,4-5,7-9,11H2,1H3,(H,21,27)/t17-,18-/m0/s1. The van der Waals surface area contributed by atoms with E-state index in [4.69, 9.17) is 9.84 Å². The molecule has 2 aromatic rings. The molecule has 3 aliphatic rings. The normalized spacial score (nSPS) is 21.3. The fourth-order valence-electron chi connectivity index (χ4n) is 4.50. The van der Waals surface area contributed by atoms with E-state index in [1.807, 2.05) is 18.3 Å². The van der Waals surface area contributed by atoms with Gasteiger partial charge in [0.1, 0.15) is 6.10 Å². The number of nitrogens with zero attached hydrogens (tertiary/aromatic N) is 4. The number of hydrogen-bond acceptors (Lipinski definition) is 7. The summed E-state index contributed by atoms with van der Waals surface area (Å²) in [4.78, 5) is 27.7. The minimum Gasteiger partial charge on any atom is -0.453 e. The van der Waals surface area contributed by atoms with Crippen LogP contribution < -0.4 is 15.1 Å². The number of alkyl carbamates (subject to hydrolysis) is 1. The van der Waals surface area contributed by atoms with E-state index in [0.717, 1.165) is 29.2 Å². The Labute approximate surface area is 173 Å². The molecular weight excluding hydrogens is 390 g/mol. The number of methoxy groups -OCH3 is 1. The van der Waals surface area contributed by atoms with Crippen LogP contribution in [-0.4, -0.2) is 59.5 Å². The Hall–Kier alpha value is -3.27. The maximum Gasteiger partial charge on any atom is 0.415 e. The Morgan fingerprint density at radius 2 is 2.23 bits per heavy atom. The van der Waals surface area contributed by atoms with E-state index in [9.17, 15) is 9.59 Å². The Bertz CT molecular complexity index is 982. The Balaban J connectivity index is 1.31. The van der Waals surface area contributed by atoms with Gasteiger partial charge in [0.2, 0.25) is 0 Å². The summed E-state index contributed by atoms with van der Waals surface area (Å²) < 4.78 is 11.8. The highest BCUT2D eigenvalue weighted by Crippen LogP contribution is 2.41. The Morgan fingerprint density at radius 3 is 3.00 bits per heavy atom. The molecule has 5 rings (SSSR count). The van der Waals surface area contributed by atoms with Gasteiger partial charge in [0, 0.05) is 24.0 Å². The average molecular weight is 413 g/mol. The number of carbonyl (C=O) groups is 2. The van der Waals surface area contributed by atoms with Crippen LogP contribution in [0.15, 0.2) is 24.4 Å². The van der Waals surface area contributed by atoms with Crippen molar-refractivity contribution in [3.05, 3.63) is 41.2 Å². The summed E-state index contributed by atoms with van der Waals surface area (Å²) >= 11 is 0. The number of cyclic esters (lactones) is 1. The number of amides is 2. The van der Waals surface area contributed by atoms with Crippen molar-refractivity contribution >= 4 is 23.6 Å². The number of anilines is 2. The highest BCUT2D eigenvalue weighted by molar-refractivity contribution is 5.94. The molecule has 30 heavy (non-hydrogen) atoms. The minimum atomic E-state index is -0.545. The molecule has 1 saturated heterocycles. The van der Waals surface area contributed by atoms with Gasteiger partial charge in [-0.15, -0.1) is 0 Å². The van der Waals surface area contributed by atoms with Crippen molar-refractivity contribution in [1.82, 2.24) is 15.1 Å². The third-order valence-electron chi connectivity index (χ3n) is 5.92. The van der Waals surface area contributed by atoms with Gasteiger partial charge in [-0.05, 0) is 30.2 Å². The summed E-state index contributed by atoms with van der Waals surface area (Å²) in [5.74, 6) is 0. The van der Waals surface area contributed by atoms with E-state index >= 15 is 0 Å². The van der Waals surface area contributed by atoms with Crippen molar-refractivity contribution in [3.8, 4) is 0 Å². The smallest absolute Gasteiger partial charge is 0.415 e. The first-order valence-corrected chi connectivity index (χ1v) is 9.93. The molecule has 0 spiro atoms. The van der Waals surface area contributed by atoms with Gasteiger partial charge in [-0.2, -0.15) is 5.10 Å². The number of ether oxygens (including phenoxy) is 2. The molecule has 1 fully saturated rings. The lowest BCUT2D eigenvalue weighted by molar-refractivity contribution is 0.123. The quantitative estimate of drug-likeness (QED) is 0.753. The fraction of sp³-hybridized carbons (Fsp3) is 0.450. The van der Waals surface area contributed by atoms with Crippen molar-refractivity contribution in [2.24, 2.45) is 0 Å². The third kappa shape index (κ3) is 3.04. The molecule has 10 nitrogen and oxygen atoms in total. The SMILES string of the molecule is COC(=O)NC[C@@H]1OC(=O)N2c3ccc(N4Cc5cn(CCO)nc5C4)cc3C[C@@H]12. The van der Waals surface area contributed by atoms with Crippen LogP contribution in [0.5, 0.6) is 0 Å². The number of aliphatic hydroxyl groups is 1. The van der Waals surface area contributed by atoms with Crippen LogP contribution in [0.2, 0.25) is 0 Å². The molecule has 0 unspecified atom stereocenters. The van der Waals surface area contributed by atoms with Crippen molar-refractivity contribution in [3.63, 3.8) is 0 Å². The third-order valence-corrected chi connectivity index (χ3v) is 5.92. The number of aliphatic hydroxyl groups excluding tert-OH is 1. The van der Waals surface area contributed by atoms with Crippen LogP contribution in [0.1, 0.15) is 16.8 Å². The Morgan fingerprint density at radius 1 is 1.37 bits per heavy atom. The largest absolute Gasteiger partial charge is 0.453 e. The zero-order valence-electron chi connectivity index (χ0n) is 16.6. The first kappa shape index (κ1) is 18.7. The topological polar surface area (TPSA) is 109 Å². The van der Waals surface area contributed by atoms with Crippen LogP contribution in [0, 0.1) is 0 Å². The minimum absolute atomic E-state index is 0.0747. The maximum atomic E-state index is 12.4. The highest BCUT2D eigenvalue weighted by Gasteiger charge is 2.47. The van der Waals surface area contributed by atoms with E-state index in [1.165, 1.54) is 12.7 Å². The van der Waals surface area contributed by atoms with Crippen molar-refractivity contribution < 1.29 is 24.2 Å². The van der Waals surface area contributed by atoms with Gasteiger partial charge >= 0.3 is 12.2 Å². The monoisotopic (exact) mass is 413 g/mol. The second-order valence-corrected chi connectivity index (χ2v) is 7.69. The summed E-state index contributed by atoms with van der Waals surface area (Å²) in [6.07, 6.45) is 1.31. The molecule has 158 valence electrons. The molecule has 0 bridgehead atoms. The summed E-state index contributed by atoms with van der Waals surface area (Å²) in [5, 5.41) is 16.2. The van der Waals surface area contributed by atoms with Crippen LogP contribution >= 0.6 is 0 Å². The first-order chi connectivity index (χ1) is 14.6. The van der Waals surface area contributed by atoms with Crippen LogP contribution in [-0.2, 0) is 35.5 Å². The molecule has 2 atom stereocenters. The van der Waals surface area contributed by atoms with Gasteiger partial charge < -0.3 is 24.8 Å². The molecule has 2 N–H and O–H groups in total. The average Bonchev–Trinajstić information content (AvgIpc) is 3.46. The second kappa shape index (κ2) is 7.21. The van der Waals surface area contributed by atoms with E-state index in [1.54, 1.807) is 9.58 Å². The molecule has 0 saturated carbocycles. The zero-order valence-corrected chi connectivity index (χ0v) is 16.6. The molecule has 1 aromatic heterocycles. The molecular formula is C20H23N5O5. The lowest BCUT2D eigenvalue weighted by Crippen LogP contribution is -2.40. The number of nitrogens with one attached hydrogen (secondary N) is 1. The van der Waals surface area contributed by atoms with E-state index in [0.29, 0.717) is 19.5 Å². The van der Waals surface area contributed by atoms with Crippen molar-refractivity contribution in [1.29, 1.82) is 0 Å². The number of fused-ring (bicyclic) bond motifs is 4. The zero-order chi connectivity index (χ0) is 20.8. The van der Waals surface area contributed by atoms with E-state index < -0.39 is 12.2 Å². The van der Waals surface area contributed by atoms with Crippen LogP contribution in [0.4, 0.5) is 21.0 Å². The second-order valence-electron chi connectivity index (χ2n) is 7.69. The first-order valence-electron chi connectivity index (χ1n) is 9.93. The van der Waals surface area contributed by atoms with E-state index in [-0.39, 0.29) is 25.3 Å². The number of carbonyl (C=O) groups excluding carboxylic acids is 2. The van der Waals surface area contributed by atoms with Gasteiger partial charge in [0.25, 0.3) is 0 Å². The van der Waals surface area contributed by atoms with Gasteiger partial charge in [-0.25, -0.2) is 9.59 Å². The molecule has 2 amide bonds. The van der Waals surface area contributed by atoms with Crippen molar-refractivity contribution in [2.45, 2.75) is 38.2 Å². The highest BCUT2D eigenvalue weighted by atomic mass is 16.6. The Kier molecular flexibility index (Phi) is 4.50. The fourth-order valence-corrected chi connectivity index (χ4v) is 4.50. The maximum absolute atomic E-state index is 12.4. The van der Waals surface area contributed by atoms with E-state index in [2.05, 4.69) is 26.1 Å². The predicted octanol–water partition coefficient (Wildman–Crippen LogP) is 1.00. The summed E-state index contributed by atoms with van der Waals surface area (Å²) in [6.45, 7) is 2.27. The van der Waals surface area contributed by atoms with Crippen LogP contribution in [0.25, 0.3) is 0 Å². The molecule has 0 aliphatic carbocycles. The molecule has 1 aromatic carbocycles. The molecule has 4 heterocycles. The van der Waals surface area contributed by atoms with Gasteiger partial charge in [0.05, 0.1) is 50.8 Å². The van der Waals surface area contributed by atoms with Crippen molar-refractivity contribution in [2.75, 3.05) is 30.1 Å². The summed E-state index contributed by atoms with van der Waals surface area (Å²) in [7, 11) is 1.30. The lowest BCUT2D eigenvalue weighted by Gasteiger charge is -2.19. The summed E-state index contributed by atoms with van der Waals surface area (Å²) in [6, 6.07) is 5.96. The van der Waals surface area contributed by atoms with Gasteiger partial charge in [-0.3, -0.25) is 9.58 Å². The number of benzene rings is 1. The molecule has 3 aliphatic heterocycles. The van der Waals surface area contributed by atoms with Gasteiger partial charge in [0.15, 0.2) is 0 Å². The number of hydrogen-bond donors (Lipinski definition) is 2. The van der Waals surface area contributed by atoms with Crippen LogP contribution in [0.3, 0.4) is 0 Å². The number of rotatable bonds is 5. The predicted molar refractivity (Wildman–Crippen MR) is 106 cm³/mol. The van der Waals surface area contributed by atoms with Gasteiger partial charge in [-0.1, -0.05) is 0 Å². The molecule has 0 radical (unpaired) electrons.